The third-order valence-electron chi connectivity index (χ3n) is 5.40. The summed E-state index contributed by atoms with van der Waals surface area (Å²) in [6.07, 6.45) is 2.10. The minimum absolute atomic E-state index is 0.0434. The van der Waals surface area contributed by atoms with Crippen molar-refractivity contribution in [2.45, 2.75) is 32.4 Å². The molecule has 1 saturated heterocycles. The summed E-state index contributed by atoms with van der Waals surface area (Å²) < 4.78 is 0. The monoisotopic (exact) mass is 393 g/mol. The fraction of sp³-hybridized carbons (Fsp3) is 0.417. The molecule has 154 valence electrons. The Bertz CT molecular complexity index is 820. The fourth-order valence-electron chi connectivity index (χ4n) is 3.85. The van der Waals surface area contributed by atoms with Gasteiger partial charge in [-0.3, -0.25) is 9.59 Å². The molecule has 2 aromatic carbocycles. The Morgan fingerprint density at radius 2 is 1.72 bits per heavy atom. The second kappa shape index (κ2) is 10.2. The van der Waals surface area contributed by atoms with Gasteiger partial charge >= 0.3 is 0 Å². The van der Waals surface area contributed by atoms with E-state index >= 15 is 0 Å². The maximum Gasteiger partial charge on any atom is 0.227 e. The minimum Gasteiger partial charge on any atom is -0.352 e. The molecule has 2 amide bonds. The van der Waals surface area contributed by atoms with E-state index in [-0.39, 0.29) is 17.7 Å². The quantitative estimate of drug-likeness (QED) is 0.787. The van der Waals surface area contributed by atoms with Crippen molar-refractivity contribution in [3.63, 3.8) is 0 Å². The normalized spacial score (nSPS) is 16.7. The molecular formula is C24H31N3O2. The van der Waals surface area contributed by atoms with E-state index in [1.165, 1.54) is 5.56 Å². The van der Waals surface area contributed by atoms with Crippen LogP contribution in [0.5, 0.6) is 0 Å². The van der Waals surface area contributed by atoms with Crippen LogP contribution in [-0.2, 0) is 29.1 Å². The molecule has 5 nitrogen and oxygen atoms in total. The fourth-order valence-corrected chi connectivity index (χ4v) is 3.85. The number of likely N-dealkylation sites (tertiary alicyclic amines) is 1. The minimum atomic E-state index is -0.135. The molecule has 2 aromatic rings. The first-order chi connectivity index (χ1) is 14.0. The number of hydrogen-bond acceptors (Lipinski definition) is 3. The topological polar surface area (TPSA) is 52.7 Å². The molecule has 1 heterocycles. The third kappa shape index (κ3) is 6.16. The van der Waals surface area contributed by atoms with Gasteiger partial charge in [-0.2, -0.15) is 0 Å². The standard InChI is InChI=1S/C24H31N3O2/c1-26(2)17-21-12-7-6-11-20(21)16-25-24(29)22-13-8-14-27(18-22)23(28)15-19-9-4-3-5-10-19/h3-7,9-12,22H,8,13-18H2,1-2H3,(H,25,29). The van der Waals surface area contributed by atoms with Gasteiger partial charge in [0.1, 0.15) is 0 Å². The van der Waals surface area contributed by atoms with Gasteiger partial charge < -0.3 is 15.1 Å². The van der Waals surface area contributed by atoms with Crippen LogP contribution in [0.25, 0.3) is 0 Å². The molecule has 1 aliphatic rings. The van der Waals surface area contributed by atoms with Crippen LogP contribution in [0.2, 0.25) is 0 Å². The number of nitrogens with zero attached hydrogens (tertiary/aromatic N) is 2. The summed E-state index contributed by atoms with van der Waals surface area (Å²) in [4.78, 5) is 29.4. The summed E-state index contributed by atoms with van der Waals surface area (Å²) in [6.45, 7) is 2.62. The van der Waals surface area contributed by atoms with Crippen molar-refractivity contribution in [3.05, 3.63) is 71.3 Å². The molecule has 0 radical (unpaired) electrons. The summed E-state index contributed by atoms with van der Waals surface area (Å²) in [5.74, 6) is 0.0105. The number of benzene rings is 2. The molecule has 3 rings (SSSR count). The molecule has 29 heavy (non-hydrogen) atoms. The average Bonchev–Trinajstić information content (AvgIpc) is 2.73. The van der Waals surface area contributed by atoms with Crippen LogP contribution in [0.3, 0.4) is 0 Å². The van der Waals surface area contributed by atoms with Crippen LogP contribution in [-0.4, -0.2) is 48.8 Å². The Hall–Kier alpha value is -2.66. The SMILES string of the molecule is CN(C)Cc1ccccc1CNC(=O)C1CCCN(C(=O)Cc2ccccc2)C1. The van der Waals surface area contributed by atoms with Gasteiger partial charge in [-0.05, 0) is 43.6 Å². The zero-order valence-corrected chi connectivity index (χ0v) is 17.4. The van der Waals surface area contributed by atoms with E-state index in [2.05, 4.69) is 22.3 Å². The molecule has 0 aromatic heterocycles. The van der Waals surface area contributed by atoms with Gasteiger partial charge in [0, 0.05) is 26.2 Å². The maximum absolute atomic E-state index is 12.8. The molecule has 0 aliphatic carbocycles. The first-order valence-corrected chi connectivity index (χ1v) is 10.3. The summed E-state index contributed by atoms with van der Waals surface area (Å²) in [5.41, 5.74) is 3.38. The van der Waals surface area contributed by atoms with Gasteiger partial charge in [-0.25, -0.2) is 0 Å². The van der Waals surface area contributed by atoms with Crippen LogP contribution in [0.4, 0.5) is 0 Å². The molecule has 0 spiro atoms. The van der Waals surface area contributed by atoms with Gasteiger partial charge in [0.2, 0.25) is 11.8 Å². The summed E-state index contributed by atoms with van der Waals surface area (Å²) in [7, 11) is 4.08. The number of hydrogen-bond donors (Lipinski definition) is 1. The van der Waals surface area contributed by atoms with Gasteiger partial charge in [0.05, 0.1) is 12.3 Å². The number of piperidine rings is 1. The number of nitrogens with one attached hydrogen (secondary N) is 1. The van der Waals surface area contributed by atoms with E-state index in [0.29, 0.717) is 19.5 Å². The number of carbonyl (C=O) groups excluding carboxylic acids is 2. The highest BCUT2D eigenvalue weighted by Gasteiger charge is 2.28. The Morgan fingerprint density at radius 1 is 1.03 bits per heavy atom. The van der Waals surface area contributed by atoms with E-state index in [1.807, 2.05) is 61.5 Å². The zero-order chi connectivity index (χ0) is 20.6. The molecule has 0 bridgehead atoms. The van der Waals surface area contributed by atoms with Gasteiger partial charge in [-0.1, -0.05) is 54.6 Å². The van der Waals surface area contributed by atoms with Gasteiger partial charge in [0.25, 0.3) is 0 Å². The number of carbonyl (C=O) groups is 2. The molecule has 0 saturated carbocycles. The number of rotatable bonds is 7. The van der Waals surface area contributed by atoms with Crippen molar-refractivity contribution in [2.75, 3.05) is 27.2 Å². The maximum atomic E-state index is 12.8. The van der Waals surface area contributed by atoms with E-state index in [0.717, 1.165) is 37.1 Å². The Morgan fingerprint density at radius 3 is 2.45 bits per heavy atom. The lowest BCUT2D eigenvalue weighted by molar-refractivity contribution is -0.135. The van der Waals surface area contributed by atoms with Crippen LogP contribution in [0.1, 0.15) is 29.5 Å². The van der Waals surface area contributed by atoms with Gasteiger partial charge in [0.15, 0.2) is 0 Å². The summed E-state index contributed by atoms with van der Waals surface area (Å²) in [6, 6.07) is 18.0. The largest absolute Gasteiger partial charge is 0.352 e. The number of amides is 2. The van der Waals surface area contributed by atoms with Crippen molar-refractivity contribution in [3.8, 4) is 0 Å². The summed E-state index contributed by atoms with van der Waals surface area (Å²) >= 11 is 0. The van der Waals surface area contributed by atoms with Crippen molar-refractivity contribution in [1.29, 1.82) is 0 Å². The molecule has 1 aliphatic heterocycles. The molecule has 5 heteroatoms. The zero-order valence-electron chi connectivity index (χ0n) is 17.4. The highest BCUT2D eigenvalue weighted by molar-refractivity contribution is 5.82. The van der Waals surface area contributed by atoms with E-state index in [1.54, 1.807) is 0 Å². The molecule has 1 fully saturated rings. The van der Waals surface area contributed by atoms with Crippen LogP contribution < -0.4 is 5.32 Å². The summed E-state index contributed by atoms with van der Waals surface area (Å²) in [5, 5.41) is 3.10. The lowest BCUT2D eigenvalue weighted by Gasteiger charge is -2.32. The second-order valence-corrected chi connectivity index (χ2v) is 8.07. The smallest absolute Gasteiger partial charge is 0.227 e. The predicted molar refractivity (Wildman–Crippen MR) is 115 cm³/mol. The molecular weight excluding hydrogens is 362 g/mol. The van der Waals surface area contributed by atoms with E-state index in [9.17, 15) is 9.59 Å². The predicted octanol–water partition coefficient (Wildman–Crippen LogP) is 2.85. The molecule has 1 atom stereocenters. The van der Waals surface area contributed by atoms with Crippen molar-refractivity contribution in [2.24, 2.45) is 5.92 Å². The average molecular weight is 394 g/mol. The molecule has 1 N–H and O–H groups in total. The van der Waals surface area contributed by atoms with Crippen molar-refractivity contribution >= 4 is 11.8 Å². The van der Waals surface area contributed by atoms with E-state index in [4.69, 9.17) is 0 Å². The Labute approximate surface area is 173 Å². The van der Waals surface area contributed by atoms with Crippen LogP contribution in [0.15, 0.2) is 54.6 Å². The first-order valence-electron chi connectivity index (χ1n) is 10.3. The van der Waals surface area contributed by atoms with Crippen LogP contribution >= 0.6 is 0 Å². The molecule has 1 unspecified atom stereocenters. The third-order valence-corrected chi connectivity index (χ3v) is 5.40. The van der Waals surface area contributed by atoms with E-state index < -0.39 is 0 Å². The Balaban J connectivity index is 1.54. The lowest BCUT2D eigenvalue weighted by Crippen LogP contribution is -2.45. The Kier molecular flexibility index (Phi) is 7.42. The van der Waals surface area contributed by atoms with Crippen molar-refractivity contribution < 1.29 is 9.59 Å². The first kappa shape index (κ1) is 21.1. The second-order valence-electron chi connectivity index (χ2n) is 8.07. The lowest BCUT2D eigenvalue weighted by atomic mass is 9.96. The van der Waals surface area contributed by atoms with Crippen molar-refractivity contribution in [1.82, 2.24) is 15.1 Å². The highest BCUT2D eigenvalue weighted by Crippen LogP contribution is 2.18. The highest BCUT2D eigenvalue weighted by atomic mass is 16.2. The van der Waals surface area contributed by atoms with Gasteiger partial charge in [-0.15, -0.1) is 0 Å². The van der Waals surface area contributed by atoms with Crippen LogP contribution in [0, 0.1) is 5.92 Å².